The van der Waals surface area contributed by atoms with Crippen molar-refractivity contribution in [3.63, 3.8) is 0 Å². The van der Waals surface area contributed by atoms with Crippen LogP contribution >= 0.6 is 0 Å². The molecule has 0 saturated carbocycles. The number of hydrogen-bond donors (Lipinski definition) is 1. The van der Waals surface area contributed by atoms with Gasteiger partial charge in [0.2, 0.25) is 0 Å². The third kappa shape index (κ3) is 2.26. The Labute approximate surface area is 128 Å². The lowest BCUT2D eigenvalue weighted by molar-refractivity contribution is 0.0904. The van der Waals surface area contributed by atoms with Crippen LogP contribution in [0.15, 0.2) is 22.9 Å². The molecule has 112 valence electrons. The maximum atomic E-state index is 12.4. The second-order valence-electron chi connectivity index (χ2n) is 6.18. The van der Waals surface area contributed by atoms with Crippen LogP contribution in [0.3, 0.4) is 0 Å². The minimum atomic E-state index is -0.140. The van der Waals surface area contributed by atoms with Gasteiger partial charge in [0.1, 0.15) is 12.0 Å². The molecule has 5 heteroatoms. The molecule has 1 amide bonds. The molecule has 0 aromatic carbocycles. The third-order valence-electron chi connectivity index (χ3n) is 4.65. The predicted octanol–water partition coefficient (Wildman–Crippen LogP) is 1.63. The van der Waals surface area contributed by atoms with Gasteiger partial charge < -0.3 is 14.6 Å². The van der Waals surface area contributed by atoms with Crippen LogP contribution in [0, 0.1) is 18.3 Å². The van der Waals surface area contributed by atoms with E-state index in [9.17, 15) is 4.79 Å². The normalized spacial score (nSPS) is 26.8. The van der Waals surface area contributed by atoms with Gasteiger partial charge in [0.05, 0.1) is 11.8 Å². The summed E-state index contributed by atoms with van der Waals surface area (Å²) in [6.45, 7) is 3.27. The molecular weight excluding hydrogens is 278 g/mol. The van der Waals surface area contributed by atoms with Crippen molar-refractivity contribution in [2.24, 2.45) is 5.92 Å². The second kappa shape index (κ2) is 5.15. The lowest BCUT2D eigenvalue weighted by atomic mass is 9.97. The number of amides is 1. The van der Waals surface area contributed by atoms with Crippen LogP contribution in [0.1, 0.15) is 28.9 Å². The van der Waals surface area contributed by atoms with Gasteiger partial charge in [-0.05, 0) is 31.4 Å². The number of pyridine rings is 1. The first-order valence-corrected chi connectivity index (χ1v) is 7.60. The summed E-state index contributed by atoms with van der Waals surface area (Å²) >= 11 is 0. The van der Waals surface area contributed by atoms with E-state index in [0.29, 0.717) is 16.8 Å². The lowest BCUT2D eigenvalue weighted by Gasteiger charge is -2.30. The molecule has 2 aromatic heterocycles. The van der Waals surface area contributed by atoms with Crippen LogP contribution in [0.5, 0.6) is 0 Å². The quantitative estimate of drug-likeness (QED) is 0.856. The fourth-order valence-electron chi connectivity index (χ4n) is 3.59. The van der Waals surface area contributed by atoms with Crippen LogP contribution in [0.25, 0.3) is 11.0 Å². The van der Waals surface area contributed by atoms with Gasteiger partial charge in [0.15, 0.2) is 5.58 Å². The smallest absolute Gasteiger partial charge is 0.270 e. The van der Waals surface area contributed by atoms with Gasteiger partial charge in [-0.25, -0.2) is 4.98 Å². The molecule has 0 aliphatic carbocycles. The fraction of sp³-hybridized carbons (Fsp3) is 0.412. The van der Waals surface area contributed by atoms with E-state index in [2.05, 4.69) is 21.1 Å². The van der Waals surface area contributed by atoms with Crippen LogP contribution in [0.4, 0.5) is 0 Å². The number of fused-ring (bicyclic) bond motifs is 3. The zero-order chi connectivity index (χ0) is 15.1. The molecular formula is C17H17N3O2. The molecule has 1 unspecified atom stereocenters. The zero-order valence-electron chi connectivity index (χ0n) is 12.2. The van der Waals surface area contributed by atoms with Crippen molar-refractivity contribution in [3.8, 4) is 12.3 Å². The van der Waals surface area contributed by atoms with Crippen LogP contribution in [-0.4, -0.2) is 41.5 Å². The van der Waals surface area contributed by atoms with Crippen molar-refractivity contribution in [2.45, 2.75) is 18.9 Å². The molecule has 2 saturated heterocycles. The first-order valence-electron chi connectivity index (χ1n) is 7.60. The van der Waals surface area contributed by atoms with E-state index in [1.165, 1.54) is 19.2 Å². The number of rotatable bonds is 2. The Morgan fingerprint density at radius 1 is 1.50 bits per heavy atom. The summed E-state index contributed by atoms with van der Waals surface area (Å²) in [6.07, 6.45) is 10.8. The Hall–Kier alpha value is -2.32. The van der Waals surface area contributed by atoms with Gasteiger partial charge in [0, 0.05) is 24.5 Å². The fourth-order valence-corrected chi connectivity index (χ4v) is 3.59. The Kier molecular flexibility index (Phi) is 3.12. The highest BCUT2D eigenvalue weighted by atomic mass is 16.3. The number of piperidine rings is 1. The van der Waals surface area contributed by atoms with Gasteiger partial charge in [-0.3, -0.25) is 4.79 Å². The molecule has 2 aliphatic rings. The SMILES string of the molecule is C#Cc1coc2cnc(C(=O)N[C@@H]3C[C@@H]4CCN(C4)C3)cc12. The van der Waals surface area contributed by atoms with E-state index in [1.807, 2.05) is 0 Å². The summed E-state index contributed by atoms with van der Waals surface area (Å²) < 4.78 is 5.32. The van der Waals surface area contributed by atoms with E-state index in [1.54, 1.807) is 12.3 Å². The van der Waals surface area contributed by atoms with E-state index < -0.39 is 0 Å². The number of hydrogen-bond acceptors (Lipinski definition) is 4. The number of terminal acetylenes is 1. The van der Waals surface area contributed by atoms with Crippen LogP contribution < -0.4 is 5.32 Å². The Balaban J connectivity index is 1.54. The first kappa shape index (κ1) is 13.4. The summed E-state index contributed by atoms with van der Waals surface area (Å²) in [5, 5.41) is 3.86. The Morgan fingerprint density at radius 3 is 3.23 bits per heavy atom. The highest BCUT2D eigenvalue weighted by Crippen LogP contribution is 2.27. The van der Waals surface area contributed by atoms with Crippen LogP contribution in [0.2, 0.25) is 0 Å². The van der Waals surface area contributed by atoms with Gasteiger partial charge in [-0.15, -0.1) is 6.42 Å². The molecule has 2 bridgehead atoms. The lowest BCUT2D eigenvalue weighted by Crippen LogP contribution is -2.47. The monoisotopic (exact) mass is 295 g/mol. The van der Waals surface area contributed by atoms with Gasteiger partial charge in [0.25, 0.3) is 5.91 Å². The molecule has 0 radical (unpaired) electrons. The highest BCUT2D eigenvalue weighted by molar-refractivity contribution is 5.96. The zero-order valence-corrected chi connectivity index (χ0v) is 12.2. The summed E-state index contributed by atoms with van der Waals surface area (Å²) in [4.78, 5) is 19.0. The number of nitrogens with one attached hydrogen (secondary N) is 1. The number of nitrogens with zero attached hydrogens (tertiary/aromatic N) is 2. The minimum Gasteiger partial charge on any atom is -0.461 e. The number of aromatic nitrogens is 1. The number of furan rings is 1. The van der Waals surface area contributed by atoms with Crippen LogP contribution in [-0.2, 0) is 0 Å². The molecule has 2 aliphatic heterocycles. The summed E-state index contributed by atoms with van der Waals surface area (Å²) in [5.74, 6) is 3.14. The van der Waals surface area contributed by atoms with Crippen molar-refractivity contribution in [3.05, 3.63) is 29.8 Å². The molecule has 22 heavy (non-hydrogen) atoms. The van der Waals surface area contributed by atoms with Gasteiger partial charge in [-0.1, -0.05) is 5.92 Å². The van der Waals surface area contributed by atoms with E-state index in [0.717, 1.165) is 30.8 Å². The third-order valence-corrected chi connectivity index (χ3v) is 4.65. The molecule has 5 nitrogen and oxygen atoms in total. The second-order valence-corrected chi connectivity index (χ2v) is 6.18. The molecule has 4 rings (SSSR count). The molecule has 1 N–H and O–H groups in total. The molecule has 2 aromatic rings. The largest absolute Gasteiger partial charge is 0.461 e. The number of carbonyl (C=O) groups excluding carboxylic acids is 1. The Bertz CT molecular complexity index is 762. The average molecular weight is 295 g/mol. The maximum absolute atomic E-state index is 12.4. The summed E-state index contributed by atoms with van der Waals surface area (Å²) in [7, 11) is 0. The highest BCUT2D eigenvalue weighted by Gasteiger charge is 2.33. The van der Waals surface area contributed by atoms with E-state index in [4.69, 9.17) is 10.8 Å². The van der Waals surface area contributed by atoms with Crippen molar-refractivity contribution in [2.75, 3.05) is 19.6 Å². The molecule has 2 fully saturated rings. The van der Waals surface area contributed by atoms with Crippen molar-refractivity contribution >= 4 is 16.9 Å². The van der Waals surface area contributed by atoms with Crippen molar-refractivity contribution in [1.82, 2.24) is 15.2 Å². The molecule has 0 spiro atoms. The van der Waals surface area contributed by atoms with E-state index in [-0.39, 0.29) is 11.9 Å². The molecule has 3 atom stereocenters. The average Bonchev–Trinajstić information content (AvgIpc) is 3.09. The van der Waals surface area contributed by atoms with Gasteiger partial charge in [-0.2, -0.15) is 0 Å². The van der Waals surface area contributed by atoms with Crippen molar-refractivity contribution in [1.29, 1.82) is 0 Å². The van der Waals surface area contributed by atoms with Gasteiger partial charge >= 0.3 is 0 Å². The minimum absolute atomic E-state index is 0.140. The first-order chi connectivity index (χ1) is 10.7. The predicted molar refractivity (Wildman–Crippen MR) is 82.4 cm³/mol. The maximum Gasteiger partial charge on any atom is 0.270 e. The summed E-state index contributed by atoms with van der Waals surface area (Å²) in [5.41, 5.74) is 1.64. The topological polar surface area (TPSA) is 58.4 Å². The van der Waals surface area contributed by atoms with E-state index >= 15 is 0 Å². The molecule has 4 heterocycles. The standard InChI is InChI=1S/C17H17N3O2/c1-2-12-10-22-16-7-18-15(6-14(12)16)17(21)19-13-5-11-3-4-20(8-11)9-13/h1,6-7,10-11,13H,3-5,8-9H2,(H,19,21)/t11-,13+/m0/s1. The van der Waals surface area contributed by atoms with Crippen molar-refractivity contribution < 1.29 is 9.21 Å². The summed E-state index contributed by atoms with van der Waals surface area (Å²) in [6, 6.07) is 1.92. The Morgan fingerprint density at radius 2 is 2.41 bits per heavy atom. The number of carbonyl (C=O) groups is 1.